The van der Waals surface area contributed by atoms with E-state index in [0.717, 1.165) is 11.3 Å². The van der Waals surface area contributed by atoms with Crippen molar-refractivity contribution in [3.8, 4) is 11.5 Å². The number of rotatable bonds is 6. The van der Waals surface area contributed by atoms with Crippen molar-refractivity contribution in [2.24, 2.45) is 0 Å². The van der Waals surface area contributed by atoms with Crippen molar-refractivity contribution >= 4 is 23.2 Å². The van der Waals surface area contributed by atoms with Gasteiger partial charge in [0.05, 0.1) is 26.3 Å². The number of halogens is 1. The SMILES string of the molecule is COc1ccc(CN(C(=O)c2cccnc2Cl)c2cccc(OC)c2)cc1. The first-order valence-electron chi connectivity index (χ1n) is 8.31. The van der Waals surface area contributed by atoms with Gasteiger partial charge in [-0.3, -0.25) is 4.79 Å². The highest BCUT2D eigenvalue weighted by atomic mass is 35.5. The molecule has 1 aromatic heterocycles. The Morgan fingerprint density at radius 3 is 2.41 bits per heavy atom. The van der Waals surface area contributed by atoms with E-state index in [9.17, 15) is 4.79 Å². The summed E-state index contributed by atoms with van der Waals surface area (Å²) in [6, 6.07) is 18.3. The number of aromatic nitrogens is 1. The van der Waals surface area contributed by atoms with Gasteiger partial charge in [0.25, 0.3) is 5.91 Å². The van der Waals surface area contributed by atoms with Crippen LogP contribution in [0.3, 0.4) is 0 Å². The van der Waals surface area contributed by atoms with Gasteiger partial charge in [0.1, 0.15) is 16.7 Å². The average molecular weight is 383 g/mol. The number of nitrogens with zero attached hydrogens (tertiary/aromatic N) is 2. The van der Waals surface area contributed by atoms with Crippen LogP contribution >= 0.6 is 11.6 Å². The van der Waals surface area contributed by atoms with Crippen LogP contribution in [0.5, 0.6) is 11.5 Å². The molecule has 3 rings (SSSR count). The monoisotopic (exact) mass is 382 g/mol. The Kier molecular flexibility index (Phi) is 5.94. The molecule has 0 radical (unpaired) electrons. The van der Waals surface area contributed by atoms with E-state index in [1.807, 2.05) is 48.5 Å². The first kappa shape index (κ1) is 18.7. The van der Waals surface area contributed by atoms with E-state index in [2.05, 4.69) is 4.98 Å². The minimum atomic E-state index is -0.239. The van der Waals surface area contributed by atoms with Gasteiger partial charge in [-0.25, -0.2) is 4.98 Å². The first-order valence-corrected chi connectivity index (χ1v) is 8.69. The second kappa shape index (κ2) is 8.56. The number of carbonyl (C=O) groups is 1. The van der Waals surface area contributed by atoms with Gasteiger partial charge in [0, 0.05) is 18.0 Å². The summed E-state index contributed by atoms with van der Waals surface area (Å²) in [6.45, 7) is 0.362. The summed E-state index contributed by atoms with van der Waals surface area (Å²) >= 11 is 6.15. The number of hydrogen-bond donors (Lipinski definition) is 0. The van der Waals surface area contributed by atoms with Gasteiger partial charge >= 0.3 is 0 Å². The molecule has 0 aliphatic heterocycles. The number of methoxy groups -OCH3 is 2. The molecule has 0 fully saturated rings. The summed E-state index contributed by atoms with van der Waals surface area (Å²) in [6.07, 6.45) is 1.55. The predicted octanol–water partition coefficient (Wildman–Crippen LogP) is 4.60. The zero-order valence-corrected chi connectivity index (χ0v) is 15.8. The van der Waals surface area contributed by atoms with Crippen LogP contribution in [0.4, 0.5) is 5.69 Å². The van der Waals surface area contributed by atoms with E-state index in [1.165, 1.54) is 0 Å². The van der Waals surface area contributed by atoms with Gasteiger partial charge in [0.2, 0.25) is 0 Å². The Morgan fingerprint density at radius 2 is 1.74 bits per heavy atom. The molecule has 0 unspecified atom stereocenters. The van der Waals surface area contributed by atoms with Crippen molar-refractivity contribution in [1.82, 2.24) is 4.98 Å². The lowest BCUT2D eigenvalue weighted by molar-refractivity contribution is 0.0985. The van der Waals surface area contributed by atoms with Crippen molar-refractivity contribution < 1.29 is 14.3 Å². The number of pyridine rings is 1. The van der Waals surface area contributed by atoms with E-state index < -0.39 is 0 Å². The van der Waals surface area contributed by atoms with Crippen LogP contribution in [0.2, 0.25) is 5.15 Å². The molecule has 1 heterocycles. The molecule has 0 aliphatic rings. The maximum atomic E-state index is 13.2. The average Bonchev–Trinajstić information content (AvgIpc) is 2.72. The van der Waals surface area contributed by atoms with Crippen molar-refractivity contribution in [1.29, 1.82) is 0 Å². The molecule has 0 bridgehead atoms. The summed E-state index contributed by atoms with van der Waals surface area (Å²) in [5.74, 6) is 1.18. The Bertz CT molecular complexity index is 929. The highest BCUT2D eigenvalue weighted by molar-refractivity contribution is 6.33. The van der Waals surface area contributed by atoms with Crippen molar-refractivity contribution in [3.63, 3.8) is 0 Å². The summed E-state index contributed by atoms with van der Waals surface area (Å²) in [4.78, 5) is 18.9. The van der Waals surface area contributed by atoms with Crippen LogP contribution in [0.15, 0.2) is 66.9 Å². The molecule has 2 aromatic carbocycles. The molecule has 138 valence electrons. The number of amides is 1. The maximum absolute atomic E-state index is 13.2. The number of carbonyl (C=O) groups excluding carboxylic acids is 1. The van der Waals surface area contributed by atoms with Crippen LogP contribution in [-0.2, 0) is 6.54 Å². The number of benzene rings is 2. The number of ether oxygens (including phenoxy) is 2. The zero-order valence-electron chi connectivity index (χ0n) is 15.1. The Morgan fingerprint density at radius 1 is 1.00 bits per heavy atom. The lowest BCUT2D eigenvalue weighted by Gasteiger charge is -2.24. The third kappa shape index (κ3) is 4.38. The van der Waals surface area contributed by atoms with E-state index in [0.29, 0.717) is 23.5 Å². The van der Waals surface area contributed by atoms with Crippen LogP contribution in [0, 0.1) is 0 Å². The van der Waals surface area contributed by atoms with Gasteiger partial charge in [0.15, 0.2) is 0 Å². The number of anilines is 1. The standard InChI is InChI=1S/C21H19ClN2O3/c1-26-17-10-8-15(9-11-17)14-24(16-5-3-6-18(13-16)27-2)21(25)19-7-4-12-23-20(19)22/h3-13H,14H2,1-2H3. The Hall–Kier alpha value is -3.05. The third-order valence-electron chi connectivity index (χ3n) is 4.10. The molecule has 1 amide bonds. The van der Waals surface area contributed by atoms with Crippen LogP contribution in [-0.4, -0.2) is 25.1 Å². The quantitative estimate of drug-likeness (QED) is 0.585. The van der Waals surface area contributed by atoms with Crippen molar-refractivity contribution in [2.45, 2.75) is 6.54 Å². The third-order valence-corrected chi connectivity index (χ3v) is 4.40. The molecule has 27 heavy (non-hydrogen) atoms. The molecule has 0 atom stereocenters. The fraction of sp³-hybridized carbons (Fsp3) is 0.143. The van der Waals surface area contributed by atoms with Crippen LogP contribution in [0.25, 0.3) is 0 Å². The molecule has 0 saturated heterocycles. The summed E-state index contributed by atoms with van der Waals surface area (Å²) < 4.78 is 10.5. The minimum absolute atomic E-state index is 0.171. The molecular weight excluding hydrogens is 364 g/mol. The van der Waals surface area contributed by atoms with E-state index in [4.69, 9.17) is 21.1 Å². The first-order chi connectivity index (χ1) is 13.1. The molecule has 0 N–H and O–H groups in total. The molecule has 6 heteroatoms. The van der Waals surface area contributed by atoms with Crippen LogP contribution < -0.4 is 14.4 Å². The predicted molar refractivity (Wildman–Crippen MR) is 106 cm³/mol. The second-order valence-electron chi connectivity index (χ2n) is 5.78. The molecule has 5 nitrogen and oxygen atoms in total. The number of hydrogen-bond acceptors (Lipinski definition) is 4. The van der Waals surface area contributed by atoms with Gasteiger partial charge in [-0.05, 0) is 42.0 Å². The van der Waals surface area contributed by atoms with E-state index in [-0.39, 0.29) is 11.1 Å². The van der Waals surface area contributed by atoms with Crippen molar-refractivity contribution in [3.05, 3.63) is 83.1 Å². The summed E-state index contributed by atoms with van der Waals surface area (Å²) in [7, 11) is 3.21. The summed E-state index contributed by atoms with van der Waals surface area (Å²) in [5, 5.41) is 0.171. The zero-order chi connectivity index (χ0) is 19.2. The summed E-state index contributed by atoms with van der Waals surface area (Å²) in [5.41, 5.74) is 2.00. The largest absolute Gasteiger partial charge is 0.497 e. The van der Waals surface area contributed by atoms with Crippen LogP contribution in [0.1, 0.15) is 15.9 Å². The Labute approximate surface area is 163 Å². The van der Waals surface area contributed by atoms with Gasteiger partial charge in [-0.1, -0.05) is 29.8 Å². The smallest absolute Gasteiger partial charge is 0.261 e. The topological polar surface area (TPSA) is 51.7 Å². The van der Waals surface area contributed by atoms with Crippen molar-refractivity contribution in [2.75, 3.05) is 19.1 Å². The fourth-order valence-corrected chi connectivity index (χ4v) is 2.86. The van der Waals surface area contributed by atoms with E-state index >= 15 is 0 Å². The van der Waals surface area contributed by atoms with Gasteiger partial charge in [-0.2, -0.15) is 0 Å². The highest BCUT2D eigenvalue weighted by Crippen LogP contribution is 2.26. The maximum Gasteiger partial charge on any atom is 0.261 e. The van der Waals surface area contributed by atoms with E-state index in [1.54, 1.807) is 37.4 Å². The molecule has 0 aliphatic carbocycles. The second-order valence-corrected chi connectivity index (χ2v) is 6.14. The molecule has 0 saturated carbocycles. The lowest BCUT2D eigenvalue weighted by atomic mass is 10.1. The van der Waals surface area contributed by atoms with Gasteiger partial charge in [-0.15, -0.1) is 0 Å². The fourth-order valence-electron chi connectivity index (χ4n) is 2.66. The lowest BCUT2D eigenvalue weighted by Crippen LogP contribution is -2.30. The Balaban J connectivity index is 1.99. The minimum Gasteiger partial charge on any atom is -0.497 e. The molecular formula is C21H19ClN2O3. The highest BCUT2D eigenvalue weighted by Gasteiger charge is 2.21. The normalized spacial score (nSPS) is 10.3. The van der Waals surface area contributed by atoms with Gasteiger partial charge < -0.3 is 14.4 Å². The molecule has 0 spiro atoms. The molecule has 3 aromatic rings.